The van der Waals surface area contributed by atoms with Gasteiger partial charge in [0.1, 0.15) is 0 Å². The summed E-state index contributed by atoms with van der Waals surface area (Å²) in [5.74, 6) is 2.93. The van der Waals surface area contributed by atoms with Gasteiger partial charge in [-0.25, -0.2) is 4.40 Å². The zero-order chi connectivity index (χ0) is 4.41. The molecule has 1 unspecified atom stereocenters. The minimum absolute atomic E-state index is 0.280. The fraction of sp³-hybridized carbons (Fsp3) is 0.333. The summed E-state index contributed by atoms with van der Waals surface area (Å²) in [5.41, 5.74) is 0. The molecule has 2 radical (unpaired) electrons. The number of nitrogens with zero attached hydrogens (tertiary/aromatic N) is 1. The minimum atomic E-state index is 0.280. The van der Waals surface area contributed by atoms with Gasteiger partial charge in [-0.05, 0) is 11.9 Å². The number of rotatable bonds is 0. The third kappa shape index (κ3) is 0.980. The van der Waals surface area contributed by atoms with Crippen LogP contribution in [0.5, 0.6) is 0 Å². The van der Waals surface area contributed by atoms with Crippen LogP contribution in [0.15, 0.2) is 4.40 Å². The first-order chi connectivity index (χ1) is 2.89. The van der Waals surface area contributed by atoms with E-state index in [2.05, 4.69) is 26.1 Å². The lowest BCUT2D eigenvalue weighted by Gasteiger charge is -1.80. The molecule has 0 spiro atoms. The number of halogens is 1. The lowest BCUT2D eigenvalue weighted by atomic mass is 10.5. The zero-order valence-electron chi connectivity index (χ0n) is 2.89. The fourth-order valence-electron chi connectivity index (χ4n) is 0.195. The maximum atomic E-state index is 3.80. The highest BCUT2D eigenvalue weighted by atomic mass is 79.9. The molecular formula is C3H2BrNS. The topological polar surface area (TPSA) is 12.4 Å². The van der Waals surface area contributed by atoms with E-state index in [0.29, 0.717) is 0 Å². The summed E-state index contributed by atoms with van der Waals surface area (Å²) in [6.45, 7) is 0. The fourth-order valence-corrected chi connectivity index (χ4v) is 1.13. The van der Waals surface area contributed by atoms with Gasteiger partial charge in [-0.15, -0.1) is 0 Å². The third-order valence-electron chi connectivity index (χ3n) is 0.410. The summed E-state index contributed by atoms with van der Waals surface area (Å²) in [7, 11) is 0. The van der Waals surface area contributed by atoms with Crippen LogP contribution in [0.1, 0.15) is 0 Å². The smallest absolute Gasteiger partial charge is 0.0941 e. The second kappa shape index (κ2) is 1.98. The Labute approximate surface area is 49.5 Å². The third-order valence-corrected chi connectivity index (χ3v) is 1.76. The van der Waals surface area contributed by atoms with Gasteiger partial charge in [-0.3, -0.25) is 0 Å². The van der Waals surface area contributed by atoms with Crippen molar-refractivity contribution in [2.75, 3.05) is 0 Å². The predicted octanol–water partition coefficient (Wildman–Crippen LogP) is 1.52. The molecular weight excluding hydrogens is 162 g/mol. The van der Waals surface area contributed by atoms with Crippen molar-refractivity contribution < 1.29 is 0 Å². The van der Waals surface area contributed by atoms with E-state index in [1.807, 2.05) is 0 Å². The van der Waals surface area contributed by atoms with E-state index in [1.165, 1.54) is 11.9 Å². The van der Waals surface area contributed by atoms with Crippen LogP contribution in [0, 0.1) is 5.75 Å². The van der Waals surface area contributed by atoms with Crippen LogP contribution in [-0.2, 0) is 0 Å². The Kier molecular flexibility index (Phi) is 1.54. The van der Waals surface area contributed by atoms with E-state index in [-0.39, 0.29) is 4.83 Å². The minimum Gasteiger partial charge on any atom is -0.227 e. The van der Waals surface area contributed by atoms with Crippen molar-refractivity contribution in [3.05, 3.63) is 5.75 Å². The van der Waals surface area contributed by atoms with Gasteiger partial charge in [0.05, 0.1) is 10.6 Å². The van der Waals surface area contributed by atoms with Crippen molar-refractivity contribution >= 4 is 34.1 Å². The molecule has 6 heavy (non-hydrogen) atoms. The van der Waals surface area contributed by atoms with Crippen molar-refractivity contribution in [2.45, 2.75) is 4.83 Å². The second-order valence-electron chi connectivity index (χ2n) is 0.865. The molecule has 0 aromatic heterocycles. The number of hydrogen-bond donors (Lipinski definition) is 0. The second-order valence-corrected chi connectivity index (χ2v) is 2.48. The Morgan fingerprint density at radius 1 is 2.00 bits per heavy atom. The highest BCUT2D eigenvalue weighted by Crippen LogP contribution is 2.20. The van der Waals surface area contributed by atoms with Crippen LogP contribution in [0.4, 0.5) is 0 Å². The van der Waals surface area contributed by atoms with E-state index in [1.54, 1.807) is 6.21 Å². The monoisotopic (exact) mass is 163 g/mol. The Bertz CT molecular complexity index is 73.2. The normalized spacial score (nSPS) is 31.8. The van der Waals surface area contributed by atoms with Crippen LogP contribution < -0.4 is 0 Å². The highest BCUT2D eigenvalue weighted by molar-refractivity contribution is 9.10. The molecule has 1 rings (SSSR count). The van der Waals surface area contributed by atoms with Crippen LogP contribution in [0.3, 0.4) is 0 Å². The molecule has 0 amide bonds. The summed E-state index contributed by atoms with van der Waals surface area (Å²) in [6.07, 6.45) is 1.80. The standard InChI is InChI=1S/C3H2BrNS/c4-3-1-5-6-2-3/h1,3H. The molecule has 0 fully saturated rings. The first-order valence-corrected chi connectivity index (χ1v) is 3.17. The molecule has 0 N–H and O–H groups in total. The van der Waals surface area contributed by atoms with E-state index in [4.69, 9.17) is 0 Å². The van der Waals surface area contributed by atoms with E-state index in [0.717, 1.165) is 0 Å². The molecule has 1 nitrogen and oxygen atoms in total. The Morgan fingerprint density at radius 2 is 2.83 bits per heavy atom. The molecule has 0 saturated heterocycles. The maximum Gasteiger partial charge on any atom is 0.0941 e. The van der Waals surface area contributed by atoms with Crippen molar-refractivity contribution in [1.82, 2.24) is 0 Å². The summed E-state index contributed by atoms with van der Waals surface area (Å²) >= 11 is 4.61. The SMILES string of the molecule is BrC1[C]SN=C1. The Morgan fingerprint density at radius 3 is 3.00 bits per heavy atom. The van der Waals surface area contributed by atoms with Crippen LogP contribution in [0.25, 0.3) is 0 Å². The lowest BCUT2D eigenvalue weighted by molar-refractivity contribution is 1.60. The van der Waals surface area contributed by atoms with Gasteiger partial charge < -0.3 is 0 Å². The molecule has 1 aliphatic heterocycles. The van der Waals surface area contributed by atoms with Gasteiger partial charge in [0.25, 0.3) is 0 Å². The summed E-state index contributed by atoms with van der Waals surface area (Å²) in [6, 6.07) is 0. The molecule has 0 aromatic carbocycles. The lowest BCUT2D eigenvalue weighted by Crippen LogP contribution is -1.87. The van der Waals surface area contributed by atoms with E-state index in [9.17, 15) is 0 Å². The molecule has 1 atom stereocenters. The van der Waals surface area contributed by atoms with Gasteiger partial charge in [-0.1, -0.05) is 15.9 Å². The van der Waals surface area contributed by atoms with Gasteiger partial charge in [-0.2, -0.15) is 0 Å². The zero-order valence-corrected chi connectivity index (χ0v) is 5.29. The van der Waals surface area contributed by atoms with Crippen LogP contribution in [-0.4, -0.2) is 11.0 Å². The number of hydrogen-bond acceptors (Lipinski definition) is 2. The Hall–Kier alpha value is 0.500. The Balaban J connectivity index is 2.38. The van der Waals surface area contributed by atoms with Gasteiger partial charge in [0, 0.05) is 6.21 Å². The maximum absolute atomic E-state index is 3.80. The van der Waals surface area contributed by atoms with Crippen molar-refractivity contribution in [2.24, 2.45) is 4.40 Å². The molecule has 0 aromatic rings. The average molecular weight is 164 g/mol. The molecule has 32 valence electrons. The predicted molar refractivity (Wildman–Crippen MR) is 32.0 cm³/mol. The van der Waals surface area contributed by atoms with Gasteiger partial charge in [0.15, 0.2) is 0 Å². The first kappa shape index (κ1) is 4.65. The van der Waals surface area contributed by atoms with E-state index >= 15 is 0 Å². The summed E-state index contributed by atoms with van der Waals surface area (Å²) in [4.78, 5) is 0.280. The quantitative estimate of drug-likeness (QED) is 0.390. The van der Waals surface area contributed by atoms with Crippen molar-refractivity contribution in [1.29, 1.82) is 0 Å². The van der Waals surface area contributed by atoms with Gasteiger partial charge in [0.2, 0.25) is 0 Å². The highest BCUT2D eigenvalue weighted by Gasteiger charge is 2.05. The summed E-state index contributed by atoms with van der Waals surface area (Å²) < 4.78 is 3.80. The molecule has 1 heterocycles. The average Bonchev–Trinajstić information content (AvgIpc) is 1.86. The molecule has 3 heteroatoms. The van der Waals surface area contributed by atoms with Crippen molar-refractivity contribution in [3.8, 4) is 0 Å². The summed E-state index contributed by atoms with van der Waals surface area (Å²) in [5, 5.41) is 0. The molecule has 0 aliphatic carbocycles. The first-order valence-electron chi connectivity index (χ1n) is 1.49. The largest absolute Gasteiger partial charge is 0.227 e. The molecule has 0 saturated carbocycles. The van der Waals surface area contributed by atoms with Crippen molar-refractivity contribution in [3.63, 3.8) is 0 Å². The number of alkyl halides is 1. The molecule has 1 aliphatic rings. The van der Waals surface area contributed by atoms with Gasteiger partial charge >= 0.3 is 0 Å². The van der Waals surface area contributed by atoms with E-state index < -0.39 is 0 Å². The van der Waals surface area contributed by atoms with Crippen LogP contribution >= 0.6 is 27.9 Å². The molecule has 0 bridgehead atoms. The van der Waals surface area contributed by atoms with Crippen LogP contribution in [0.2, 0.25) is 0 Å².